The molecule has 16 heavy (non-hydrogen) atoms. The summed E-state index contributed by atoms with van der Waals surface area (Å²) in [6.07, 6.45) is 5.22. The molecule has 1 fully saturated rings. The summed E-state index contributed by atoms with van der Waals surface area (Å²) in [6, 6.07) is -0.427. The first-order valence-corrected chi connectivity index (χ1v) is 6.27. The number of aliphatic hydroxyl groups is 1. The average Bonchev–Trinajstić information content (AvgIpc) is 2.24. The van der Waals surface area contributed by atoms with Crippen LogP contribution in [-0.4, -0.2) is 34.9 Å². The van der Waals surface area contributed by atoms with Gasteiger partial charge in [-0.1, -0.05) is 19.8 Å². The molecule has 0 aromatic rings. The number of rotatable bonds is 6. The van der Waals surface area contributed by atoms with Gasteiger partial charge in [0.05, 0.1) is 6.10 Å². The third-order valence-electron chi connectivity index (χ3n) is 3.28. The van der Waals surface area contributed by atoms with Crippen molar-refractivity contribution in [3.8, 4) is 0 Å². The monoisotopic (exact) mass is 229 g/mol. The van der Waals surface area contributed by atoms with Crippen molar-refractivity contribution in [3.63, 3.8) is 0 Å². The highest BCUT2D eigenvalue weighted by molar-refractivity contribution is 5.73. The first-order valence-electron chi connectivity index (χ1n) is 6.27. The second-order valence-corrected chi connectivity index (χ2v) is 4.77. The van der Waals surface area contributed by atoms with Crippen molar-refractivity contribution in [2.75, 3.05) is 6.54 Å². The van der Waals surface area contributed by atoms with Crippen molar-refractivity contribution >= 4 is 5.97 Å². The minimum absolute atomic E-state index is 0.185. The number of nitrogens with one attached hydrogen (secondary N) is 1. The molecule has 94 valence electrons. The van der Waals surface area contributed by atoms with Crippen molar-refractivity contribution in [1.82, 2.24) is 5.32 Å². The molecule has 0 aliphatic heterocycles. The lowest BCUT2D eigenvalue weighted by atomic mass is 9.87. The van der Waals surface area contributed by atoms with Crippen molar-refractivity contribution in [2.45, 2.75) is 57.6 Å². The van der Waals surface area contributed by atoms with Crippen LogP contribution in [0.15, 0.2) is 0 Å². The molecular formula is C12H23NO3. The summed E-state index contributed by atoms with van der Waals surface area (Å²) in [5.41, 5.74) is 0. The molecule has 0 heterocycles. The van der Waals surface area contributed by atoms with Gasteiger partial charge in [-0.2, -0.15) is 0 Å². The number of carbonyl (C=O) groups is 1. The summed E-state index contributed by atoms with van der Waals surface area (Å²) < 4.78 is 0. The SMILES string of the molecule is CCCC(NCC1CCCC(O)C1)C(=O)O. The normalized spacial score (nSPS) is 27.6. The maximum absolute atomic E-state index is 10.9. The average molecular weight is 229 g/mol. The Morgan fingerprint density at radius 3 is 2.81 bits per heavy atom. The number of hydrogen-bond donors (Lipinski definition) is 3. The van der Waals surface area contributed by atoms with Crippen molar-refractivity contribution in [3.05, 3.63) is 0 Å². The minimum atomic E-state index is -0.766. The number of aliphatic hydroxyl groups excluding tert-OH is 1. The van der Waals surface area contributed by atoms with Crippen LogP contribution in [0.1, 0.15) is 45.4 Å². The van der Waals surface area contributed by atoms with Crippen LogP contribution in [0.4, 0.5) is 0 Å². The first-order chi connectivity index (χ1) is 7.63. The predicted molar refractivity (Wildman–Crippen MR) is 62.3 cm³/mol. The van der Waals surface area contributed by atoms with Gasteiger partial charge in [0.15, 0.2) is 0 Å². The van der Waals surface area contributed by atoms with Gasteiger partial charge >= 0.3 is 5.97 Å². The van der Waals surface area contributed by atoms with Crippen LogP contribution in [0, 0.1) is 5.92 Å². The third kappa shape index (κ3) is 4.49. The van der Waals surface area contributed by atoms with Gasteiger partial charge in [0, 0.05) is 0 Å². The summed E-state index contributed by atoms with van der Waals surface area (Å²) in [5, 5.41) is 21.6. The molecule has 3 unspecified atom stereocenters. The fourth-order valence-corrected chi connectivity index (χ4v) is 2.36. The van der Waals surface area contributed by atoms with E-state index in [2.05, 4.69) is 5.32 Å². The summed E-state index contributed by atoms with van der Waals surface area (Å²) in [4.78, 5) is 10.9. The highest BCUT2D eigenvalue weighted by Crippen LogP contribution is 2.23. The second kappa shape index (κ2) is 6.86. The standard InChI is InChI=1S/C12H23NO3/c1-2-4-11(12(15)16)13-8-9-5-3-6-10(14)7-9/h9-11,13-14H,2-8H2,1H3,(H,15,16). The van der Waals surface area contributed by atoms with Gasteiger partial charge in [0.25, 0.3) is 0 Å². The van der Waals surface area contributed by atoms with Gasteiger partial charge in [-0.15, -0.1) is 0 Å². The Morgan fingerprint density at radius 1 is 1.50 bits per heavy atom. The van der Waals surface area contributed by atoms with E-state index < -0.39 is 12.0 Å². The van der Waals surface area contributed by atoms with Gasteiger partial charge in [-0.25, -0.2) is 0 Å². The smallest absolute Gasteiger partial charge is 0.320 e. The van der Waals surface area contributed by atoms with Gasteiger partial charge in [-0.05, 0) is 38.1 Å². The zero-order chi connectivity index (χ0) is 12.0. The highest BCUT2D eigenvalue weighted by Gasteiger charge is 2.22. The van der Waals surface area contributed by atoms with E-state index in [1.165, 1.54) is 0 Å². The van der Waals surface area contributed by atoms with E-state index >= 15 is 0 Å². The van der Waals surface area contributed by atoms with Crippen LogP contribution in [0.25, 0.3) is 0 Å². The lowest BCUT2D eigenvalue weighted by molar-refractivity contribution is -0.139. The highest BCUT2D eigenvalue weighted by atomic mass is 16.4. The van der Waals surface area contributed by atoms with Gasteiger partial charge in [0.1, 0.15) is 6.04 Å². The molecule has 1 aliphatic rings. The molecule has 0 aromatic carbocycles. The number of carboxylic acids is 1. The molecular weight excluding hydrogens is 206 g/mol. The number of aliphatic carboxylic acids is 1. The quantitative estimate of drug-likeness (QED) is 0.643. The van der Waals surface area contributed by atoms with Crippen LogP contribution in [0.2, 0.25) is 0 Å². The molecule has 3 N–H and O–H groups in total. The topological polar surface area (TPSA) is 69.6 Å². The number of carboxylic acid groups (broad SMARTS) is 1. The lowest BCUT2D eigenvalue weighted by Gasteiger charge is -2.27. The Hall–Kier alpha value is -0.610. The van der Waals surface area contributed by atoms with E-state index in [9.17, 15) is 9.90 Å². The van der Waals surface area contributed by atoms with Gasteiger partial charge < -0.3 is 15.5 Å². The molecule has 0 bridgehead atoms. The molecule has 1 aliphatic carbocycles. The van der Waals surface area contributed by atoms with E-state index in [4.69, 9.17) is 5.11 Å². The van der Waals surface area contributed by atoms with Crippen LogP contribution in [-0.2, 0) is 4.79 Å². The van der Waals surface area contributed by atoms with Crippen LogP contribution in [0.3, 0.4) is 0 Å². The summed E-state index contributed by atoms with van der Waals surface area (Å²) in [5.74, 6) is -0.333. The van der Waals surface area contributed by atoms with Gasteiger partial charge in [0.2, 0.25) is 0 Å². The van der Waals surface area contributed by atoms with Crippen molar-refractivity contribution in [2.24, 2.45) is 5.92 Å². The fourth-order valence-electron chi connectivity index (χ4n) is 2.36. The molecule has 4 heteroatoms. The Labute approximate surface area is 97.0 Å². The van der Waals surface area contributed by atoms with Gasteiger partial charge in [-0.3, -0.25) is 4.79 Å². The molecule has 1 saturated carbocycles. The van der Waals surface area contributed by atoms with Crippen molar-refractivity contribution in [1.29, 1.82) is 0 Å². The van der Waals surface area contributed by atoms with E-state index in [0.29, 0.717) is 18.9 Å². The summed E-state index contributed by atoms with van der Waals surface area (Å²) in [7, 11) is 0. The van der Waals surface area contributed by atoms with Crippen LogP contribution in [0.5, 0.6) is 0 Å². The molecule has 0 aromatic heterocycles. The Bertz CT molecular complexity index is 220. The van der Waals surface area contributed by atoms with Crippen LogP contribution >= 0.6 is 0 Å². The molecule has 3 atom stereocenters. The Balaban J connectivity index is 2.28. The molecule has 0 radical (unpaired) electrons. The molecule has 0 spiro atoms. The maximum Gasteiger partial charge on any atom is 0.320 e. The first kappa shape index (κ1) is 13.5. The summed E-state index contributed by atoms with van der Waals surface area (Å²) in [6.45, 7) is 2.70. The maximum atomic E-state index is 10.9. The van der Waals surface area contributed by atoms with Crippen LogP contribution < -0.4 is 5.32 Å². The molecule has 1 rings (SSSR count). The predicted octanol–water partition coefficient (Wildman–Crippen LogP) is 1.38. The Kier molecular flexibility index (Phi) is 5.77. The minimum Gasteiger partial charge on any atom is -0.480 e. The fraction of sp³-hybridized carbons (Fsp3) is 0.917. The zero-order valence-electron chi connectivity index (χ0n) is 9.98. The van der Waals surface area contributed by atoms with E-state index in [0.717, 1.165) is 32.1 Å². The molecule has 0 saturated heterocycles. The molecule has 0 amide bonds. The third-order valence-corrected chi connectivity index (χ3v) is 3.28. The number of hydrogen-bond acceptors (Lipinski definition) is 3. The molecule has 4 nitrogen and oxygen atoms in total. The van der Waals surface area contributed by atoms with Crippen molar-refractivity contribution < 1.29 is 15.0 Å². The largest absolute Gasteiger partial charge is 0.480 e. The van der Waals surface area contributed by atoms with E-state index in [-0.39, 0.29) is 6.10 Å². The van der Waals surface area contributed by atoms with E-state index in [1.54, 1.807) is 0 Å². The Morgan fingerprint density at radius 2 is 2.25 bits per heavy atom. The second-order valence-electron chi connectivity index (χ2n) is 4.77. The lowest BCUT2D eigenvalue weighted by Crippen LogP contribution is -2.40. The zero-order valence-corrected chi connectivity index (χ0v) is 9.98. The summed E-state index contributed by atoms with van der Waals surface area (Å²) >= 11 is 0. The van der Waals surface area contributed by atoms with E-state index in [1.807, 2.05) is 6.92 Å².